The van der Waals surface area contributed by atoms with Crippen molar-refractivity contribution in [3.05, 3.63) is 42.0 Å². The first kappa shape index (κ1) is 14.9. The van der Waals surface area contributed by atoms with Gasteiger partial charge in [0.2, 0.25) is 0 Å². The number of benzene rings is 1. The summed E-state index contributed by atoms with van der Waals surface area (Å²) in [7, 11) is 5.73. The molecule has 0 aliphatic rings. The highest BCUT2D eigenvalue weighted by atomic mass is 16.1. The largest absolute Gasteiger partial charge is 0.399 e. The molecule has 0 aliphatic carbocycles. The predicted molar refractivity (Wildman–Crippen MR) is 84.4 cm³/mol. The van der Waals surface area contributed by atoms with Gasteiger partial charge in [0.15, 0.2) is 0 Å². The van der Waals surface area contributed by atoms with Gasteiger partial charge in [-0.05, 0) is 18.2 Å². The van der Waals surface area contributed by atoms with Crippen LogP contribution in [0.15, 0.2) is 30.6 Å². The molecule has 1 amide bonds. The van der Waals surface area contributed by atoms with E-state index in [-0.39, 0.29) is 5.91 Å². The maximum Gasteiger partial charge on any atom is 0.253 e. The Bertz CT molecular complexity index is 633. The monoisotopic (exact) mass is 287 g/mol. The molecule has 0 unspecified atom stereocenters. The summed E-state index contributed by atoms with van der Waals surface area (Å²) in [5, 5.41) is 2.91. The molecule has 0 fully saturated rings. The highest BCUT2D eigenvalue weighted by Crippen LogP contribution is 2.21. The minimum Gasteiger partial charge on any atom is -0.399 e. The van der Waals surface area contributed by atoms with Gasteiger partial charge in [-0.1, -0.05) is 0 Å². The maximum atomic E-state index is 12.3. The Morgan fingerprint density at radius 1 is 1.43 bits per heavy atom. The Morgan fingerprint density at radius 3 is 2.81 bits per heavy atom. The number of anilines is 2. The average Bonchev–Trinajstić information content (AvgIpc) is 2.84. The fourth-order valence-corrected chi connectivity index (χ4v) is 2.15. The first-order valence-corrected chi connectivity index (χ1v) is 6.80. The standard InChI is InChI=1S/C15H21N5O/c1-19(2)13-5-4-11(16)10-12(13)15(21)18-7-6-14-17-8-9-20(14)3/h4-5,8-10H,6-7,16H2,1-3H3,(H,18,21). The van der Waals surface area contributed by atoms with E-state index < -0.39 is 0 Å². The van der Waals surface area contributed by atoms with Gasteiger partial charge in [0.05, 0.1) is 5.56 Å². The molecule has 3 N–H and O–H groups in total. The number of amides is 1. The molecule has 2 aromatic rings. The fourth-order valence-electron chi connectivity index (χ4n) is 2.15. The zero-order valence-corrected chi connectivity index (χ0v) is 12.6. The van der Waals surface area contributed by atoms with Gasteiger partial charge in [-0.25, -0.2) is 4.98 Å². The van der Waals surface area contributed by atoms with Crippen molar-refractivity contribution in [2.75, 3.05) is 31.3 Å². The number of rotatable bonds is 5. The Morgan fingerprint density at radius 2 is 2.19 bits per heavy atom. The van der Waals surface area contributed by atoms with Crippen LogP contribution in [0.1, 0.15) is 16.2 Å². The van der Waals surface area contributed by atoms with E-state index in [1.807, 2.05) is 42.9 Å². The van der Waals surface area contributed by atoms with Crippen molar-refractivity contribution >= 4 is 17.3 Å². The first-order chi connectivity index (χ1) is 9.99. The molecule has 0 saturated heterocycles. The Balaban J connectivity index is 2.03. The molecule has 0 radical (unpaired) electrons. The van der Waals surface area contributed by atoms with Crippen LogP contribution < -0.4 is 16.0 Å². The number of nitrogens with two attached hydrogens (primary N) is 1. The van der Waals surface area contributed by atoms with E-state index in [2.05, 4.69) is 10.3 Å². The predicted octanol–water partition coefficient (Wildman–Crippen LogP) is 1.04. The zero-order chi connectivity index (χ0) is 15.4. The first-order valence-electron chi connectivity index (χ1n) is 6.80. The number of carbonyl (C=O) groups excluding carboxylic acids is 1. The van der Waals surface area contributed by atoms with Crippen molar-refractivity contribution in [3.8, 4) is 0 Å². The third-order valence-corrected chi connectivity index (χ3v) is 3.30. The van der Waals surface area contributed by atoms with Gasteiger partial charge in [0.25, 0.3) is 5.91 Å². The fraction of sp³-hybridized carbons (Fsp3) is 0.333. The number of nitrogens with zero attached hydrogens (tertiary/aromatic N) is 3. The number of nitrogen functional groups attached to an aromatic ring is 1. The second kappa shape index (κ2) is 6.30. The normalized spacial score (nSPS) is 10.4. The summed E-state index contributed by atoms with van der Waals surface area (Å²) >= 11 is 0. The Labute approximate surface area is 124 Å². The van der Waals surface area contributed by atoms with E-state index >= 15 is 0 Å². The molecular weight excluding hydrogens is 266 g/mol. The summed E-state index contributed by atoms with van der Waals surface area (Å²) in [6.07, 6.45) is 4.33. The lowest BCUT2D eigenvalue weighted by atomic mass is 10.1. The Hall–Kier alpha value is -2.50. The molecule has 1 heterocycles. The van der Waals surface area contributed by atoms with Crippen LogP contribution >= 0.6 is 0 Å². The average molecular weight is 287 g/mol. The Kier molecular flexibility index (Phi) is 4.47. The highest BCUT2D eigenvalue weighted by Gasteiger charge is 2.13. The molecule has 0 saturated carbocycles. The lowest BCUT2D eigenvalue weighted by Gasteiger charge is -2.17. The van der Waals surface area contributed by atoms with E-state index in [1.54, 1.807) is 18.3 Å². The molecule has 1 aromatic heterocycles. The van der Waals surface area contributed by atoms with E-state index in [4.69, 9.17) is 5.73 Å². The van der Waals surface area contributed by atoms with Crippen LogP contribution in [0, 0.1) is 0 Å². The number of nitrogens with one attached hydrogen (secondary N) is 1. The number of aryl methyl sites for hydroxylation is 1. The molecule has 0 aliphatic heterocycles. The van der Waals surface area contributed by atoms with Crippen LogP contribution in [0.2, 0.25) is 0 Å². The molecule has 0 bridgehead atoms. The van der Waals surface area contributed by atoms with Gasteiger partial charge in [-0.2, -0.15) is 0 Å². The van der Waals surface area contributed by atoms with Crippen molar-refractivity contribution in [2.24, 2.45) is 7.05 Å². The van der Waals surface area contributed by atoms with Gasteiger partial charge in [0.1, 0.15) is 5.82 Å². The maximum absolute atomic E-state index is 12.3. The lowest BCUT2D eigenvalue weighted by molar-refractivity contribution is 0.0954. The summed E-state index contributed by atoms with van der Waals surface area (Å²) in [4.78, 5) is 18.4. The second-order valence-corrected chi connectivity index (χ2v) is 5.13. The van der Waals surface area contributed by atoms with E-state index in [9.17, 15) is 4.79 Å². The van der Waals surface area contributed by atoms with Crippen molar-refractivity contribution < 1.29 is 4.79 Å². The van der Waals surface area contributed by atoms with Crippen LogP contribution in [-0.2, 0) is 13.5 Å². The van der Waals surface area contributed by atoms with Gasteiger partial charge in [-0.15, -0.1) is 0 Å². The van der Waals surface area contributed by atoms with Crippen molar-refractivity contribution in [1.29, 1.82) is 0 Å². The van der Waals surface area contributed by atoms with Gasteiger partial charge >= 0.3 is 0 Å². The van der Waals surface area contributed by atoms with Gasteiger partial charge in [0, 0.05) is 57.9 Å². The van der Waals surface area contributed by atoms with Crippen molar-refractivity contribution in [1.82, 2.24) is 14.9 Å². The molecule has 112 valence electrons. The second-order valence-electron chi connectivity index (χ2n) is 5.13. The third-order valence-electron chi connectivity index (χ3n) is 3.30. The van der Waals surface area contributed by atoms with Crippen LogP contribution in [0.4, 0.5) is 11.4 Å². The van der Waals surface area contributed by atoms with Crippen LogP contribution in [0.25, 0.3) is 0 Å². The molecule has 6 nitrogen and oxygen atoms in total. The molecule has 0 spiro atoms. The van der Waals surface area contributed by atoms with E-state index in [0.29, 0.717) is 24.2 Å². The molecular formula is C15H21N5O. The molecule has 21 heavy (non-hydrogen) atoms. The number of aromatic nitrogens is 2. The summed E-state index contributed by atoms with van der Waals surface area (Å²) < 4.78 is 1.94. The van der Waals surface area contributed by atoms with Gasteiger partial charge in [-0.3, -0.25) is 4.79 Å². The minimum absolute atomic E-state index is 0.125. The number of carbonyl (C=O) groups is 1. The van der Waals surface area contributed by atoms with E-state index in [0.717, 1.165) is 11.5 Å². The minimum atomic E-state index is -0.125. The summed E-state index contributed by atoms with van der Waals surface area (Å²) in [6, 6.07) is 5.34. The third kappa shape index (κ3) is 3.53. The number of hydrogen-bond acceptors (Lipinski definition) is 4. The summed E-state index contributed by atoms with van der Waals surface area (Å²) in [5.74, 6) is 0.816. The molecule has 1 aromatic carbocycles. The van der Waals surface area contributed by atoms with Crippen LogP contribution in [0.3, 0.4) is 0 Å². The number of hydrogen-bond donors (Lipinski definition) is 2. The SMILES string of the molecule is CN(C)c1ccc(N)cc1C(=O)NCCc1nccn1C. The lowest BCUT2D eigenvalue weighted by Crippen LogP contribution is -2.28. The summed E-state index contributed by atoms with van der Waals surface area (Å²) in [6.45, 7) is 0.533. The topological polar surface area (TPSA) is 76.2 Å². The van der Waals surface area contributed by atoms with Gasteiger partial charge < -0.3 is 20.5 Å². The quantitative estimate of drug-likeness (QED) is 0.806. The summed E-state index contributed by atoms with van der Waals surface area (Å²) in [5.41, 5.74) is 7.79. The molecule has 0 atom stereocenters. The highest BCUT2D eigenvalue weighted by molar-refractivity contribution is 6.00. The van der Waals surface area contributed by atoms with Crippen LogP contribution in [0.5, 0.6) is 0 Å². The smallest absolute Gasteiger partial charge is 0.253 e. The van der Waals surface area contributed by atoms with Crippen LogP contribution in [-0.4, -0.2) is 36.1 Å². The molecule has 6 heteroatoms. The van der Waals surface area contributed by atoms with Crippen molar-refractivity contribution in [3.63, 3.8) is 0 Å². The molecule has 2 rings (SSSR count). The number of imidazole rings is 1. The zero-order valence-electron chi connectivity index (χ0n) is 12.6. The van der Waals surface area contributed by atoms with E-state index in [1.165, 1.54) is 0 Å². The van der Waals surface area contributed by atoms with Crippen molar-refractivity contribution in [2.45, 2.75) is 6.42 Å².